The van der Waals surface area contributed by atoms with Crippen molar-refractivity contribution in [3.05, 3.63) is 45.9 Å². The molecule has 4 rings (SSSR count). The molecule has 0 aliphatic carbocycles. The van der Waals surface area contributed by atoms with Gasteiger partial charge in [0.25, 0.3) is 0 Å². The van der Waals surface area contributed by atoms with Crippen molar-refractivity contribution in [1.29, 1.82) is 0 Å². The normalized spacial score (nSPS) is 19.9. The molecule has 2 unspecified atom stereocenters. The van der Waals surface area contributed by atoms with E-state index in [-0.39, 0.29) is 17.9 Å². The molecule has 3 heterocycles. The Bertz CT molecular complexity index is 951. The fraction of sp³-hybridized carbons (Fsp3) is 0.583. The summed E-state index contributed by atoms with van der Waals surface area (Å²) in [5.74, 6) is 0.631. The average Bonchev–Trinajstić information content (AvgIpc) is 2.81. The predicted molar refractivity (Wildman–Crippen MR) is 117 cm³/mol. The van der Waals surface area contributed by atoms with Gasteiger partial charge in [-0.05, 0) is 36.3 Å². The minimum atomic E-state index is -0.292. The summed E-state index contributed by atoms with van der Waals surface area (Å²) in [5, 5.41) is 10.3. The van der Waals surface area contributed by atoms with E-state index in [0.29, 0.717) is 44.8 Å². The standard InChI is InChI=1S/C24H32N2O5/c1-3-16(2)22(27)7-5-17-4-6-20-18(12-17)8-9-26-21(20)13-23(25-24(26)28)31-15-19-14-29-10-11-30-19/h4,6,12-13,16,19,22,27H,3,5,7-11,14-15H2,1-2H3/t16?,19-,22?/m0/s1. The molecular weight excluding hydrogens is 396 g/mol. The van der Waals surface area contributed by atoms with Gasteiger partial charge in [-0.1, -0.05) is 38.5 Å². The highest BCUT2D eigenvalue weighted by atomic mass is 16.6. The quantitative estimate of drug-likeness (QED) is 0.696. The van der Waals surface area contributed by atoms with Gasteiger partial charge in [-0.3, -0.25) is 4.57 Å². The Kier molecular flexibility index (Phi) is 7.05. The van der Waals surface area contributed by atoms with Crippen LogP contribution in [0.4, 0.5) is 0 Å². The first-order valence-electron chi connectivity index (χ1n) is 11.3. The number of benzene rings is 1. The Morgan fingerprint density at radius 1 is 1.32 bits per heavy atom. The molecule has 1 aromatic carbocycles. The third kappa shape index (κ3) is 5.17. The number of hydrogen-bond donors (Lipinski definition) is 1. The number of aliphatic hydroxyl groups excluding tert-OH is 1. The van der Waals surface area contributed by atoms with Crippen LogP contribution >= 0.6 is 0 Å². The summed E-state index contributed by atoms with van der Waals surface area (Å²) in [7, 11) is 0. The van der Waals surface area contributed by atoms with Crippen molar-refractivity contribution in [2.24, 2.45) is 5.92 Å². The summed E-state index contributed by atoms with van der Waals surface area (Å²) < 4.78 is 18.5. The first-order chi connectivity index (χ1) is 15.0. The second kappa shape index (κ2) is 9.94. The highest BCUT2D eigenvalue weighted by Gasteiger charge is 2.21. The van der Waals surface area contributed by atoms with Crippen molar-refractivity contribution >= 4 is 0 Å². The van der Waals surface area contributed by atoms with E-state index in [1.807, 2.05) is 6.07 Å². The smallest absolute Gasteiger partial charge is 0.351 e. The van der Waals surface area contributed by atoms with Crippen LogP contribution in [0.25, 0.3) is 11.3 Å². The van der Waals surface area contributed by atoms with Gasteiger partial charge in [-0.15, -0.1) is 0 Å². The zero-order valence-electron chi connectivity index (χ0n) is 18.4. The van der Waals surface area contributed by atoms with Gasteiger partial charge in [-0.25, -0.2) is 4.79 Å². The summed E-state index contributed by atoms with van der Waals surface area (Å²) >= 11 is 0. The lowest BCUT2D eigenvalue weighted by Gasteiger charge is -2.24. The molecule has 0 bridgehead atoms. The molecule has 2 aromatic rings. The van der Waals surface area contributed by atoms with Gasteiger partial charge in [0.1, 0.15) is 12.7 Å². The Labute approximate surface area is 183 Å². The van der Waals surface area contributed by atoms with Gasteiger partial charge in [0.2, 0.25) is 5.88 Å². The number of aromatic nitrogens is 2. The van der Waals surface area contributed by atoms with E-state index in [1.165, 1.54) is 11.1 Å². The van der Waals surface area contributed by atoms with Crippen LogP contribution in [-0.2, 0) is 28.9 Å². The fourth-order valence-electron chi connectivity index (χ4n) is 4.17. The second-order valence-electron chi connectivity index (χ2n) is 8.53. The Morgan fingerprint density at radius 3 is 2.97 bits per heavy atom. The van der Waals surface area contributed by atoms with Gasteiger partial charge < -0.3 is 19.3 Å². The number of aliphatic hydroxyl groups is 1. The SMILES string of the molecule is CCC(C)C(O)CCc1ccc2c(c1)CCn1c-2cc(OC[C@@H]2COCCO2)nc1=O. The summed E-state index contributed by atoms with van der Waals surface area (Å²) in [5.41, 5.74) is 4.02. The summed E-state index contributed by atoms with van der Waals surface area (Å²) in [6.45, 7) is 6.75. The molecule has 1 saturated heterocycles. The van der Waals surface area contributed by atoms with Gasteiger partial charge in [0.05, 0.1) is 31.6 Å². The zero-order valence-corrected chi connectivity index (χ0v) is 18.4. The van der Waals surface area contributed by atoms with E-state index in [0.717, 1.165) is 36.9 Å². The predicted octanol–water partition coefficient (Wildman–Crippen LogP) is 2.60. The number of nitrogens with zero attached hydrogens (tertiary/aromatic N) is 2. The summed E-state index contributed by atoms with van der Waals surface area (Å²) in [6.07, 6.45) is 2.96. The van der Waals surface area contributed by atoms with Crippen LogP contribution in [0.15, 0.2) is 29.1 Å². The van der Waals surface area contributed by atoms with Gasteiger partial charge >= 0.3 is 5.69 Å². The van der Waals surface area contributed by atoms with Crippen molar-refractivity contribution < 1.29 is 19.3 Å². The maximum Gasteiger partial charge on any atom is 0.351 e. The molecule has 3 atom stereocenters. The molecule has 1 fully saturated rings. The molecule has 7 nitrogen and oxygen atoms in total. The molecular formula is C24H32N2O5. The molecule has 0 spiro atoms. The topological polar surface area (TPSA) is 82.8 Å². The lowest BCUT2D eigenvalue weighted by molar-refractivity contribution is -0.102. The first kappa shape index (κ1) is 22.0. The molecule has 0 radical (unpaired) electrons. The molecule has 168 valence electrons. The minimum absolute atomic E-state index is 0.144. The highest BCUT2D eigenvalue weighted by molar-refractivity contribution is 5.67. The van der Waals surface area contributed by atoms with Crippen molar-refractivity contribution in [3.8, 4) is 17.1 Å². The largest absolute Gasteiger partial charge is 0.475 e. The van der Waals surface area contributed by atoms with E-state index in [1.54, 1.807) is 4.57 Å². The second-order valence-corrected chi connectivity index (χ2v) is 8.53. The number of fused-ring (bicyclic) bond motifs is 3. The van der Waals surface area contributed by atoms with Crippen LogP contribution in [0.1, 0.15) is 37.8 Å². The van der Waals surface area contributed by atoms with E-state index in [4.69, 9.17) is 14.2 Å². The Morgan fingerprint density at radius 2 is 2.19 bits per heavy atom. The van der Waals surface area contributed by atoms with E-state index >= 15 is 0 Å². The van der Waals surface area contributed by atoms with Crippen molar-refractivity contribution in [2.45, 2.75) is 58.3 Å². The fourth-order valence-corrected chi connectivity index (χ4v) is 4.17. The van der Waals surface area contributed by atoms with Gasteiger partial charge in [0.15, 0.2) is 0 Å². The van der Waals surface area contributed by atoms with Crippen LogP contribution in [0.2, 0.25) is 0 Å². The minimum Gasteiger partial charge on any atom is -0.475 e. The molecule has 7 heteroatoms. The lowest BCUT2D eigenvalue weighted by Crippen LogP contribution is -2.34. The van der Waals surface area contributed by atoms with Crippen LogP contribution < -0.4 is 10.4 Å². The monoisotopic (exact) mass is 428 g/mol. The molecule has 2 aliphatic heterocycles. The molecule has 1 aromatic heterocycles. The van der Waals surface area contributed by atoms with Gasteiger partial charge in [0, 0.05) is 18.2 Å². The molecule has 1 N–H and O–H groups in total. The van der Waals surface area contributed by atoms with Gasteiger partial charge in [-0.2, -0.15) is 4.98 Å². The zero-order chi connectivity index (χ0) is 21.8. The maximum absolute atomic E-state index is 12.6. The summed E-state index contributed by atoms with van der Waals surface area (Å²) in [6, 6.07) is 8.22. The molecule has 0 saturated carbocycles. The number of aryl methyl sites for hydroxylation is 2. The Hall–Kier alpha value is -2.22. The first-order valence-corrected chi connectivity index (χ1v) is 11.3. The number of hydrogen-bond acceptors (Lipinski definition) is 6. The van der Waals surface area contributed by atoms with Crippen LogP contribution in [0.5, 0.6) is 5.88 Å². The Balaban J connectivity index is 1.49. The number of rotatable bonds is 8. The van der Waals surface area contributed by atoms with E-state index in [9.17, 15) is 9.90 Å². The third-order valence-electron chi connectivity index (χ3n) is 6.37. The van der Waals surface area contributed by atoms with E-state index in [2.05, 4.69) is 37.0 Å². The molecule has 2 aliphatic rings. The molecule has 31 heavy (non-hydrogen) atoms. The van der Waals surface area contributed by atoms with Crippen molar-refractivity contribution in [2.75, 3.05) is 26.4 Å². The van der Waals surface area contributed by atoms with Crippen LogP contribution in [-0.4, -0.2) is 53.3 Å². The van der Waals surface area contributed by atoms with E-state index < -0.39 is 0 Å². The summed E-state index contributed by atoms with van der Waals surface area (Å²) in [4.78, 5) is 16.7. The van der Waals surface area contributed by atoms with Crippen LogP contribution in [0.3, 0.4) is 0 Å². The third-order valence-corrected chi connectivity index (χ3v) is 6.37. The lowest BCUT2D eigenvalue weighted by atomic mass is 9.92. The van der Waals surface area contributed by atoms with Crippen LogP contribution in [0, 0.1) is 5.92 Å². The highest BCUT2D eigenvalue weighted by Crippen LogP contribution is 2.31. The maximum atomic E-state index is 12.6. The van der Waals surface area contributed by atoms with Crippen molar-refractivity contribution in [1.82, 2.24) is 9.55 Å². The average molecular weight is 429 g/mol. The molecule has 0 amide bonds. The van der Waals surface area contributed by atoms with Crippen molar-refractivity contribution in [3.63, 3.8) is 0 Å². The number of ether oxygens (including phenoxy) is 3.